The first-order chi connectivity index (χ1) is 11.0. The van der Waals surface area contributed by atoms with Gasteiger partial charge in [0.25, 0.3) is 0 Å². The molecule has 0 unspecified atom stereocenters. The van der Waals surface area contributed by atoms with Crippen LogP contribution in [0.4, 0.5) is 4.39 Å². The van der Waals surface area contributed by atoms with Gasteiger partial charge in [-0.05, 0) is 30.3 Å². The lowest BCUT2D eigenvalue weighted by molar-refractivity contribution is 0.563. The highest BCUT2D eigenvalue weighted by Gasteiger charge is 2.26. The zero-order valence-electron chi connectivity index (χ0n) is 12.1. The summed E-state index contributed by atoms with van der Waals surface area (Å²) in [7, 11) is -3.83. The Morgan fingerprint density at radius 1 is 1.00 bits per heavy atom. The van der Waals surface area contributed by atoms with E-state index in [2.05, 4.69) is 6.58 Å². The highest BCUT2D eigenvalue weighted by atomic mass is 32.2. The molecule has 1 aromatic heterocycles. The fourth-order valence-corrected chi connectivity index (χ4v) is 3.65. The summed E-state index contributed by atoms with van der Waals surface area (Å²) in [5.74, 6) is 0.0978. The number of hydrogen-bond acceptors (Lipinski definition) is 3. The fraction of sp³-hybridized carbons (Fsp3) is 0. The highest BCUT2D eigenvalue weighted by molar-refractivity contribution is 7.91. The first-order valence-corrected chi connectivity index (χ1v) is 8.33. The second-order valence-electron chi connectivity index (χ2n) is 4.87. The van der Waals surface area contributed by atoms with Crippen LogP contribution in [-0.2, 0) is 9.84 Å². The van der Waals surface area contributed by atoms with Gasteiger partial charge in [-0.2, -0.15) is 0 Å². The molecule has 5 heteroatoms. The lowest BCUT2D eigenvalue weighted by atomic mass is 10.2. The highest BCUT2D eigenvalue weighted by Crippen LogP contribution is 2.34. The van der Waals surface area contributed by atoms with Gasteiger partial charge in [-0.15, -0.1) is 0 Å². The molecule has 0 amide bonds. The molecule has 0 aliphatic heterocycles. The zero-order chi connectivity index (χ0) is 16.4. The molecule has 0 N–H and O–H groups in total. The van der Waals surface area contributed by atoms with Gasteiger partial charge in [0.2, 0.25) is 9.84 Å². The van der Waals surface area contributed by atoms with Gasteiger partial charge < -0.3 is 4.42 Å². The van der Waals surface area contributed by atoms with Crippen molar-refractivity contribution in [2.45, 2.75) is 9.79 Å². The first-order valence-electron chi connectivity index (χ1n) is 6.85. The number of sulfone groups is 1. The Morgan fingerprint density at radius 2 is 1.65 bits per heavy atom. The molecule has 0 atom stereocenters. The smallest absolute Gasteiger partial charge is 0.210 e. The van der Waals surface area contributed by atoms with E-state index in [1.807, 2.05) is 6.07 Å². The van der Waals surface area contributed by atoms with E-state index in [1.54, 1.807) is 24.3 Å². The topological polar surface area (TPSA) is 47.3 Å². The van der Waals surface area contributed by atoms with Crippen molar-refractivity contribution in [3.63, 3.8) is 0 Å². The minimum absolute atomic E-state index is 0.00694. The van der Waals surface area contributed by atoms with Gasteiger partial charge in [0, 0.05) is 11.6 Å². The van der Waals surface area contributed by atoms with Crippen molar-refractivity contribution < 1.29 is 17.2 Å². The molecule has 0 saturated heterocycles. The van der Waals surface area contributed by atoms with Crippen molar-refractivity contribution in [2.75, 3.05) is 0 Å². The minimum atomic E-state index is -3.83. The molecule has 0 fully saturated rings. The van der Waals surface area contributed by atoms with Gasteiger partial charge in [-0.3, -0.25) is 0 Å². The van der Waals surface area contributed by atoms with E-state index >= 15 is 0 Å². The molecule has 0 saturated carbocycles. The van der Waals surface area contributed by atoms with Gasteiger partial charge in [0.05, 0.1) is 4.90 Å². The van der Waals surface area contributed by atoms with Crippen molar-refractivity contribution in [3.05, 3.63) is 78.8 Å². The standard InChI is InChI=1S/C18H13FO3S/c1-2-15-12-17(18(22-15)13-6-4-3-5-7-13)23(20,21)16-10-8-14(19)9-11-16/h2-12H,1H2. The first kappa shape index (κ1) is 15.2. The molecular formula is C18H13FO3S. The summed E-state index contributed by atoms with van der Waals surface area (Å²) < 4.78 is 44.4. The maximum Gasteiger partial charge on any atom is 0.210 e. The monoisotopic (exact) mass is 328 g/mol. The van der Waals surface area contributed by atoms with Gasteiger partial charge in [-0.25, -0.2) is 12.8 Å². The van der Waals surface area contributed by atoms with Crippen LogP contribution in [0.2, 0.25) is 0 Å². The second kappa shape index (κ2) is 5.85. The summed E-state index contributed by atoms with van der Waals surface area (Å²) in [6.45, 7) is 3.61. The van der Waals surface area contributed by atoms with E-state index < -0.39 is 15.7 Å². The third-order valence-corrected chi connectivity index (χ3v) is 5.14. The van der Waals surface area contributed by atoms with Crippen LogP contribution >= 0.6 is 0 Å². The van der Waals surface area contributed by atoms with Crippen LogP contribution in [0.25, 0.3) is 17.4 Å². The maximum absolute atomic E-state index is 13.1. The van der Waals surface area contributed by atoms with E-state index in [1.165, 1.54) is 24.3 Å². The summed E-state index contributed by atoms with van der Waals surface area (Å²) in [6.07, 6.45) is 1.44. The Hall–Kier alpha value is -2.66. The number of rotatable bonds is 4. The third kappa shape index (κ3) is 2.83. The van der Waals surface area contributed by atoms with Crippen LogP contribution in [0.5, 0.6) is 0 Å². The molecule has 0 aliphatic rings. The van der Waals surface area contributed by atoms with Crippen molar-refractivity contribution in [1.29, 1.82) is 0 Å². The molecule has 3 nitrogen and oxygen atoms in total. The van der Waals surface area contributed by atoms with Crippen LogP contribution in [-0.4, -0.2) is 8.42 Å². The fourth-order valence-electron chi connectivity index (χ4n) is 2.22. The molecule has 116 valence electrons. The average Bonchev–Trinajstić information content (AvgIpc) is 3.01. The Morgan fingerprint density at radius 3 is 2.26 bits per heavy atom. The molecule has 1 heterocycles. The Labute approximate surface area is 133 Å². The van der Waals surface area contributed by atoms with Crippen LogP contribution in [0.15, 0.2) is 81.5 Å². The largest absolute Gasteiger partial charge is 0.455 e. The SMILES string of the molecule is C=Cc1cc(S(=O)(=O)c2ccc(F)cc2)c(-c2ccccc2)o1. The number of furan rings is 1. The van der Waals surface area contributed by atoms with Crippen LogP contribution in [0, 0.1) is 5.82 Å². The zero-order valence-corrected chi connectivity index (χ0v) is 12.9. The lowest BCUT2D eigenvalue weighted by Crippen LogP contribution is -2.02. The van der Waals surface area contributed by atoms with E-state index in [-0.39, 0.29) is 15.6 Å². The Kier molecular flexibility index (Phi) is 3.88. The van der Waals surface area contributed by atoms with Crippen LogP contribution < -0.4 is 0 Å². The van der Waals surface area contributed by atoms with Gasteiger partial charge in [0.15, 0.2) is 5.76 Å². The molecule has 0 bridgehead atoms. The quantitative estimate of drug-likeness (QED) is 0.660. The van der Waals surface area contributed by atoms with Gasteiger partial charge in [0.1, 0.15) is 16.5 Å². The van der Waals surface area contributed by atoms with Gasteiger partial charge in [-0.1, -0.05) is 36.9 Å². The molecule has 0 spiro atoms. The second-order valence-corrected chi connectivity index (χ2v) is 6.79. The molecule has 23 heavy (non-hydrogen) atoms. The summed E-state index contributed by atoms with van der Waals surface area (Å²) >= 11 is 0. The van der Waals surface area contributed by atoms with E-state index in [4.69, 9.17) is 4.42 Å². The molecule has 2 aromatic carbocycles. The minimum Gasteiger partial charge on any atom is -0.455 e. The molecule has 0 aliphatic carbocycles. The van der Waals surface area contributed by atoms with Crippen molar-refractivity contribution in [2.24, 2.45) is 0 Å². The van der Waals surface area contributed by atoms with E-state index in [0.29, 0.717) is 11.3 Å². The predicted octanol–water partition coefficient (Wildman–Crippen LogP) is 4.56. The maximum atomic E-state index is 13.1. The Balaban J connectivity index is 2.21. The van der Waals surface area contributed by atoms with Crippen LogP contribution in [0.1, 0.15) is 5.76 Å². The van der Waals surface area contributed by atoms with Crippen molar-refractivity contribution >= 4 is 15.9 Å². The average molecular weight is 328 g/mol. The summed E-state index contributed by atoms with van der Waals surface area (Å²) in [5, 5.41) is 0. The lowest BCUT2D eigenvalue weighted by Gasteiger charge is -2.05. The number of halogens is 1. The molecule has 3 rings (SSSR count). The van der Waals surface area contributed by atoms with E-state index in [0.717, 1.165) is 12.1 Å². The van der Waals surface area contributed by atoms with E-state index in [9.17, 15) is 12.8 Å². The summed E-state index contributed by atoms with van der Waals surface area (Å²) in [4.78, 5) is 0.0395. The predicted molar refractivity (Wildman–Crippen MR) is 86.1 cm³/mol. The summed E-state index contributed by atoms with van der Waals surface area (Å²) in [5.41, 5.74) is 0.640. The number of hydrogen-bond donors (Lipinski definition) is 0. The normalized spacial score (nSPS) is 11.3. The molecule has 0 radical (unpaired) electrons. The third-order valence-electron chi connectivity index (χ3n) is 3.37. The van der Waals surface area contributed by atoms with Gasteiger partial charge >= 0.3 is 0 Å². The van der Waals surface area contributed by atoms with Crippen LogP contribution in [0.3, 0.4) is 0 Å². The summed E-state index contributed by atoms with van der Waals surface area (Å²) in [6, 6.07) is 15.1. The molecular weight excluding hydrogens is 315 g/mol. The Bertz CT molecular complexity index is 940. The van der Waals surface area contributed by atoms with Crippen molar-refractivity contribution in [1.82, 2.24) is 0 Å². The molecule has 3 aromatic rings. The van der Waals surface area contributed by atoms with Crippen molar-refractivity contribution in [3.8, 4) is 11.3 Å². The number of benzene rings is 2.